The van der Waals surface area contributed by atoms with Crippen molar-refractivity contribution >= 4 is 17.7 Å². The van der Waals surface area contributed by atoms with E-state index in [2.05, 4.69) is 4.74 Å². The number of aliphatic hydroxyl groups excluding tert-OH is 1. The number of nitrogens with zero attached hydrogens (tertiary/aromatic N) is 1. The first-order valence-electron chi connectivity index (χ1n) is 5.35. The van der Waals surface area contributed by atoms with Gasteiger partial charge in [-0.15, -0.1) is 0 Å². The van der Waals surface area contributed by atoms with Crippen molar-refractivity contribution in [2.75, 3.05) is 13.7 Å². The average molecular weight is 269 g/mol. The fourth-order valence-corrected chi connectivity index (χ4v) is 1.42. The van der Waals surface area contributed by atoms with Crippen molar-refractivity contribution in [3.8, 4) is 0 Å². The molecule has 1 N–H and O–H groups in total. The van der Waals surface area contributed by atoms with E-state index in [4.69, 9.17) is 5.11 Å². The number of hydrogen-bond donors (Lipinski definition) is 1. The Balaban J connectivity index is 3.28. The van der Waals surface area contributed by atoms with Crippen LogP contribution in [0.5, 0.6) is 0 Å². The third-order valence-electron chi connectivity index (χ3n) is 2.31. The van der Waals surface area contributed by atoms with Crippen LogP contribution in [0.4, 0.5) is 10.1 Å². The zero-order valence-electron chi connectivity index (χ0n) is 10.1. The summed E-state index contributed by atoms with van der Waals surface area (Å²) in [5.41, 5.74) is -1.01. The molecule has 1 aromatic carbocycles. The van der Waals surface area contributed by atoms with Crippen molar-refractivity contribution in [3.05, 3.63) is 45.3 Å². The molecule has 0 aliphatic rings. The van der Waals surface area contributed by atoms with Crippen LogP contribution in [0.3, 0.4) is 0 Å². The predicted molar refractivity (Wildman–Crippen MR) is 65.1 cm³/mol. The van der Waals surface area contributed by atoms with Crippen molar-refractivity contribution in [1.29, 1.82) is 0 Å². The second-order valence-electron chi connectivity index (χ2n) is 3.55. The van der Waals surface area contributed by atoms with Crippen molar-refractivity contribution in [2.24, 2.45) is 0 Å². The van der Waals surface area contributed by atoms with Gasteiger partial charge >= 0.3 is 5.97 Å². The normalized spacial score (nSPS) is 10.7. The highest BCUT2D eigenvalue weighted by Gasteiger charge is 2.23. The van der Waals surface area contributed by atoms with Crippen LogP contribution in [0, 0.1) is 15.9 Å². The molecule has 0 saturated heterocycles. The molecular formula is C12H12FNO5. The molecule has 102 valence electrons. The van der Waals surface area contributed by atoms with E-state index in [9.17, 15) is 19.3 Å². The molecule has 0 aliphatic carbocycles. The quantitative estimate of drug-likeness (QED) is 0.501. The van der Waals surface area contributed by atoms with Crippen LogP contribution in [-0.2, 0) is 4.74 Å². The van der Waals surface area contributed by atoms with Gasteiger partial charge in [0.15, 0.2) is 0 Å². The lowest BCUT2D eigenvalue weighted by atomic mass is 10.1. The molecule has 0 saturated carbocycles. The molecule has 1 rings (SSSR count). The molecule has 0 amide bonds. The number of methoxy groups -OCH3 is 1. The third kappa shape index (κ3) is 3.59. The van der Waals surface area contributed by atoms with Crippen LogP contribution in [0.25, 0.3) is 6.08 Å². The molecule has 7 heteroatoms. The van der Waals surface area contributed by atoms with Crippen molar-refractivity contribution < 1.29 is 24.0 Å². The molecule has 6 nitrogen and oxygen atoms in total. The molecule has 0 spiro atoms. The van der Waals surface area contributed by atoms with E-state index in [0.717, 1.165) is 19.2 Å². The maximum Gasteiger partial charge on any atom is 0.344 e. The number of carbonyl (C=O) groups excluding carboxylic acids is 1. The van der Waals surface area contributed by atoms with Gasteiger partial charge in [-0.05, 0) is 12.5 Å². The highest BCUT2D eigenvalue weighted by Crippen LogP contribution is 2.24. The lowest BCUT2D eigenvalue weighted by molar-refractivity contribution is -0.385. The summed E-state index contributed by atoms with van der Waals surface area (Å²) in [5, 5.41) is 19.4. The van der Waals surface area contributed by atoms with Crippen LogP contribution < -0.4 is 0 Å². The fraction of sp³-hybridized carbons (Fsp3) is 0.250. The summed E-state index contributed by atoms with van der Waals surface area (Å²) in [6.07, 6.45) is 3.07. The van der Waals surface area contributed by atoms with Gasteiger partial charge in [-0.25, -0.2) is 9.18 Å². The minimum atomic E-state index is -0.975. The molecule has 0 heterocycles. The molecule has 0 aliphatic heterocycles. The summed E-state index contributed by atoms with van der Waals surface area (Å²) in [7, 11) is 1.05. The van der Waals surface area contributed by atoms with Crippen molar-refractivity contribution in [3.63, 3.8) is 0 Å². The molecule has 0 unspecified atom stereocenters. The highest BCUT2D eigenvalue weighted by atomic mass is 19.1. The average Bonchev–Trinajstić information content (AvgIpc) is 2.39. The fourth-order valence-electron chi connectivity index (χ4n) is 1.42. The Kier molecular flexibility index (Phi) is 5.13. The van der Waals surface area contributed by atoms with Crippen molar-refractivity contribution in [2.45, 2.75) is 6.42 Å². The van der Waals surface area contributed by atoms with E-state index in [0.29, 0.717) is 6.42 Å². The number of nitro benzene ring substituents is 1. The SMILES string of the molecule is COC(=O)c1cc(F)c(C=CCCO)cc1[N+](=O)[O-]. The van der Waals surface area contributed by atoms with Crippen LogP contribution in [0.1, 0.15) is 22.3 Å². The van der Waals surface area contributed by atoms with Gasteiger partial charge in [-0.1, -0.05) is 12.2 Å². The number of ether oxygens (including phenoxy) is 1. The van der Waals surface area contributed by atoms with Gasteiger partial charge in [0.05, 0.1) is 12.0 Å². The predicted octanol–water partition coefficient (Wildman–Crippen LogP) is 1.92. The van der Waals surface area contributed by atoms with Gasteiger partial charge in [0.25, 0.3) is 5.69 Å². The first kappa shape index (κ1) is 14.8. The Labute approximate surface area is 108 Å². The molecule has 0 aromatic heterocycles. The number of rotatable bonds is 5. The van der Waals surface area contributed by atoms with Gasteiger partial charge in [-0.3, -0.25) is 10.1 Å². The molecule has 1 aromatic rings. The number of hydrogen-bond acceptors (Lipinski definition) is 5. The van der Waals surface area contributed by atoms with E-state index in [-0.39, 0.29) is 12.2 Å². The molecule has 0 bridgehead atoms. The molecule has 0 radical (unpaired) electrons. The largest absolute Gasteiger partial charge is 0.465 e. The number of nitro groups is 1. The van der Waals surface area contributed by atoms with Crippen LogP contribution >= 0.6 is 0 Å². The minimum absolute atomic E-state index is 0.0344. The van der Waals surface area contributed by atoms with Gasteiger partial charge in [0.2, 0.25) is 0 Å². The standard InChI is InChI=1S/C12H12FNO5/c1-19-12(16)9-7-10(13)8(4-2-3-5-15)6-11(9)14(17)18/h2,4,6-7,15H,3,5H2,1H3. The summed E-state index contributed by atoms with van der Waals surface area (Å²) in [4.78, 5) is 21.4. The monoisotopic (exact) mass is 269 g/mol. The number of esters is 1. The van der Waals surface area contributed by atoms with Crippen LogP contribution in [-0.4, -0.2) is 29.7 Å². The smallest absolute Gasteiger partial charge is 0.344 e. The second-order valence-corrected chi connectivity index (χ2v) is 3.55. The van der Waals surface area contributed by atoms with Gasteiger partial charge in [0.1, 0.15) is 11.4 Å². The summed E-state index contributed by atoms with van der Waals surface area (Å²) < 4.78 is 18.0. The maximum absolute atomic E-state index is 13.7. The van der Waals surface area contributed by atoms with Crippen LogP contribution in [0.15, 0.2) is 18.2 Å². The zero-order chi connectivity index (χ0) is 14.4. The second kappa shape index (κ2) is 6.60. The third-order valence-corrected chi connectivity index (χ3v) is 2.31. The summed E-state index contributed by atoms with van der Waals surface area (Å²) in [6, 6.07) is 1.72. The summed E-state index contributed by atoms with van der Waals surface area (Å²) in [6.45, 7) is -0.111. The summed E-state index contributed by atoms with van der Waals surface area (Å²) in [5.74, 6) is -1.75. The Morgan fingerprint density at radius 2 is 2.26 bits per heavy atom. The Hall–Kier alpha value is -2.28. The maximum atomic E-state index is 13.7. The van der Waals surface area contributed by atoms with Crippen molar-refractivity contribution in [1.82, 2.24) is 0 Å². The molecular weight excluding hydrogens is 257 g/mol. The van der Waals surface area contributed by atoms with E-state index in [1.807, 2.05) is 0 Å². The van der Waals surface area contributed by atoms with E-state index >= 15 is 0 Å². The highest BCUT2D eigenvalue weighted by molar-refractivity contribution is 5.94. The van der Waals surface area contributed by atoms with E-state index in [1.54, 1.807) is 0 Å². The number of benzene rings is 1. The first-order chi connectivity index (χ1) is 9.01. The topological polar surface area (TPSA) is 89.7 Å². The molecule has 19 heavy (non-hydrogen) atoms. The number of halogens is 1. The number of aliphatic hydroxyl groups is 1. The summed E-state index contributed by atoms with van der Waals surface area (Å²) >= 11 is 0. The van der Waals surface area contributed by atoms with E-state index in [1.165, 1.54) is 12.2 Å². The van der Waals surface area contributed by atoms with Gasteiger partial charge in [0, 0.05) is 18.2 Å². The van der Waals surface area contributed by atoms with Gasteiger partial charge < -0.3 is 9.84 Å². The lowest BCUT2D eigenvalue weighted by Gasteiger charge is -2.04. The Bertz CT molecular complexity index is 527. The van der Waals surface area contributed by atoms with E-state index < -0.39 is 28.0 Å². The molecule has 0 atom stereocenters. The first-order valence-corrected chi connectivity index (χ1v) is 5.35. The molecule has 0 fully saturated rings. The zero-order valence-corrected chi connectivity index (χ0v) is 10.1. The number of carbonyl (C=O) groups is 1. The van der Waals surface area contributed by atoms with Crippen LogP contribution in [0.2, 0.25) is 0 Å². The lowest BCUT2D eigenvalue weighted by Crippen LogP contribution is -2.07. The Morgan fingerprint density at radius 1 is 1.58 bits per heavy atom. The van der Waals surface area contributed by atoms with Gasteiger partial charge in [-0.2, -0.15) is 0 Å². The Morgan fingerprint density at radius 3 is 2.79 bits per heavy atom. The minimum Gasteiger partial charge on any atom is -0.465 e.